The first kappa shape index (κ1) is 30.2. The molecule has 0 saturated carbocycles. The number of oxime groups is 1. The molecule has 1 aliphatic heterocycles. The van der Waals surface area contributed by atoms with Crippen molar-refractivity contribution in [2.24, 2.45) is 16.3 Å². The summed E-state index contributed by atoms with van der Waals surface area (Å²) in [6.45, 7) is 10.3. The number of amides is 1. The molecule has 200 valence electrons. The maximum atomic E-state index is 12.7. The number of ether oxygens (including phenoxy) is 3. The van der Waals surface area contributed by atoms with Gasteiger partial charge in [-0.15, -0.1) is 0 Å². The van der Waals surface area contributed by atoms with Crippen molar-refractivity contribution in [3.8, 4) is 0 Å². The molecule has 12 heteroatoms. The standard InChI is InChI=1S/C23H39N3O9/c1-22(2,3)34-21(31)26(6)15(19(24)25-35-16(20(29)30)13-17(27)28)10-11-23(4,5)14-33-18-9-7-8-12-32-18/h13,15,18H,7-12,14H2,1-6H3,(H2,24,25)(H,27,28)(H,29,30)/b16-13-. The van der Waals surface area contributed by atoms with Crippen LogP contribution >= 0.6 is 0 Å². The van der Waals surface area contributed by atoms with Gasteiger partial charge in [0.2, 0.25) is 5.76 Å². The minimum atomic E-state index is -1.63. The van der Waals surface area contributed by atoms with Gasteiger partial charge in [-0.2, -0.15) is 0 Å². The van der Waals surface area contributed by atoms with E-state index < -0.39 is 35.4 Å². The molecular formula is C23H39N3O9. The average Bonchev–Trinajstić information content (AvgIpc) is 2.74. The van der Waals surface area contributed by atoms with Crippen molar-refractivity contribution < 1.29 is 43.6 Å². The molecule has 1 fully saturated rings. The lowest BCUT2D eigenvalue weighted by molar-refractivity contribution is -0.176. The normalized spacial score (nSPS) is 18.5. The van der Waals surface area contributed by atoms with Crippen molar-refractivity contribution >= 4 is 23.9 Å². The first-order valence-corrected chi connectivity index (χ1v) is 11.5. The van der Waals surface area contributed by atoms with Gasteiger partial charge in [0.1, 0.15) is 5.60 Å². The van der Waals surface area contributed by atoms with E-state index in [0.29, 0.717) is 32.1 Å². The number of aliphatic carboxylic acids is 2. The van der Waals surface area contributed by atoms with Crippen LogP contribution in [0.25, 0.3) is 0 Å². The molecule has 1 heterocycles. The second kappa shape index (κ2) is 13.3. The van der Waals surface area contributed by atoms with Crippen LogP contribution in [0.15, 0.2) is 17.0 Å². The Kier molecular flexibility index (Phi) is 11.5. The van der Waals surface area contributed by atoms with Gasteiger partial charge in [0.05, 0.1) is 18.7 Å². The maximum absolute atomic E-state index is 12.7. The SMILES string of the molecule is CN(C(=O)OC(C)(C)C)C(CCC(C)(C)COC1CCCCO1)/C(N)=N\O/C(=C\C(=O)O)C(=O)O. The first-order valence-electron chi connectivity index (χ1n) is 11.5. The van der Waals surface area contributed by atoms with Crippen molar-refractivity contribution in [2.75, 3.05) is 20.3 Å². The Bertz CT molecular complexity index is 797. The number of likely N-dealkylation sites (N-methyl/N-ethyl adjacent to an activating group) is 1. The lowest BCUT2D eigenvalue weighted by Gasteiger charge is -2.33. The molecule has 0 aromatic carbocycles. The van der Waals surface area contributed by atoms with Gasteiger partial charge in [0, 0.05) is 13.7 Å². The number of carbonyl (C=O) groups excluding carboxylic acids is 1. The Balaban J connectivity index is 2.99. The maximum Gasteiger partial charge on any atom is 0.410 e. The Morgan fingerprint density at radius 2 is 1.86 bits per heavy atom. The van der Waals surface area contributed by atoms with Crippen molar-refractivity contribution in [2.45, 2.75) is 84.7 Å². The van der Waals surface area contributed by atoms with Gasteiger partial charge in [0.25, 0.3) is 0 Å². The molecule has 1 aliphatic rings. The molecule has 0 aromatic heterocycles. The molecule has 0 bridgehead atoms. The number of hydrogen-bond donors (Lipinski definition) is 3. The van der Waals surface area contributed by atoms with E-state index >= 15 is 0 Å². The third-order valence-electron chi connectivity index (χ3n) is 5.10. The van der Waals surface area contributed by atoms with Crippen molar-refractivity contribution in [3.63, 3.8) is 0 Å². The summed E-state index contributed by atoms with van der Waals surface area (Å²) in [7, 11) is 1.48. The van der Waals surface area contributed by atoms with Crippen LogP contribution in [0.5, 0.6) is 0 Å². The van der Waals surface area contributed by atoms with Gasteiger partial charge in [-0.3, -0.25) is 0 Å². The van der Waals surface area contributed by atoms with E-state index in [0.717, 1.165) is 19.3 Å². The fraction of sp³-hybridized carbons (Fsp3) is 0.739. The van der Waals surface area contributed by atoms with Gasteiger partial charge >= 0.3 is 18.0 Å². The third-order valence-corrected chi connectivity index (χ3v) is 5.10. The van der Waals surface area contributed by atoms with E-state index in [-0.39, 0.29) is 17.5 Å². The van der Waals surface area contributed by atoms with E-state index in [1.807, 2.05) is 13.8 Å². The number of carboxylic acid groups (broad SMARTS) is 2. The highest BCUT2D eigenvalue weighted by Crippen LogP contribution is 2.27. The molecule has 0 spiro atoms. The minimum absolute atomic E-state index is 0.219. The molecule has 0 radical (unpaired) electrons. The van der Waals surface area contributed by atoms with E-state index in [4.69, 9.17) is 35.0 Å². The molecule has 12 nitrogen and oxygen atoms in total. The number of nitrogens with zero attached hydrogens (tertiary/aromatic N) is 2. The van der Waals surface area contributed by atoms with E-state index in [1.165, 1.54) is 11.9 Å². The quantitative estimate of drug-likeness (QED) is 0.119. The highest BCUT2D eigenvalue weighted by atomic mass is 16.7. The molecule has 35 heavy (non-hydrogen) atoms. The van der Waals surface area contributed by atoms with Crippen LogP contribution < -0.4 is 5.73 Å². The summed E-state index contributed by atoms with van der Waals surface area (Å²) in [5, 5.41) is 21.5. The van der Waals surface area contributed by atoms with Crippen LogP contribution in [0.1, 0.15) is 66.7 Å². The average molecular weight is 502 g/mol. The van der Waals surface area contributed by atoms with Crippen LogP contribution in [0.4, 0.5) is 4.79 Å². The zero-order chi connectivity index (χ0) is 26.8. The lowest BCUT2D eigenvalue weighted by Crippen LogP contribution is -2.48. The summed E-state index contributed by atoms with van der Waals surface area (Å²) in [5.74, 6) is -4.31. The summed E-state index contributed by atoms with van der Waals surface area (Å²) >= 11 is 0. The monoisotopic (exact) mass is 501 g/mol. The Labute approximate surface area is 206 Å². The summed E-state index contributed by atoms with van der Waals surface area (Å²) in [6.07, 6.45) is 3.23. The van der Waals surface area contributed by atoms with Crippen LogP contribution in [0.3, 0.4) is 0 Å². The molecule has 0 aromatic rings. The Hall–Kier alpha value is -2.86. The largest absolute Gasteiger partial charge is 0.478 e. The molecule has 0 aliphatic carbocycles. The van der Waals surface area contributed by atoms with Crippen LogP contribution in [0, 0.1) is 5.41 Å². The van der Waals surface area contributed by atoms with E-state index in [1.54, 1.807) is 20.8 Å². The van der Waals surface area contributed by atoms with E-state index in [9.17, 15) is 14.4 Å². The van der Waals surface area contributed by atoms with Gasteiger partial charge < -0.3 is 39.9 Å². The van der Waals surface area contributed by atoms with Gasteiger partial charge in [-0.05, 0) is 58.3 Å². The molecule has 1 rings (SSSR count). The fourth-order valence-corrected chi connectivity index (χ4v) is 3.16. The van der Waals surface area contributed by atoms with Crippen LogP contribution in [-0.2, 0) is 28.6 Å². The highest BCUT2D eigenvalue weighted by Gasteiger charge is 2.31. The Morgan fingerprint density at radius 1 is 1.20 bits per heavy atom. The summed E-state index contributed by atoms with van der Waals surface area (Å²) in [6, 6.07) is -0.824. The minimum Gasteiger partial charge on any atom is -0.478 e. The summed E-state index contributed by atoms with van der Waals surface area (Å²) < 4.78 is 16.9. The predicted molar refractivity (Wildman–Crippen MR) is 126 cm³/mol. The Morgan fingerprint density at radius 3 is 2.37 bits per heavy atom. The number of carboxylic acids is 2. The lowest BCUT2D eigenvalue weighted by atomic mass is 9.86. The number of hydrogen-bond acceptors (Lipinski definition) is 8. The summed E-state index contributed by atoms with van der Waals surface area (Å²) in [5.41, 5.74) is 5.00. The number of carbonyl (C=O) groups is 3. The van der Waals surface area contributed by atoms with E-state index in [2.05, 4.69) is 5.16 Å². The van der Waals surface area contributed by atoms with Gasteiger partial charge in [-0.25, -0.2) is 14.4 Å². The summed E-state index contributed by atoms with van der Waals surface area (Å²) in [4.78, 5) is 40.7. The number of rotatable bonds is 12. The van der Waals surface area contributed by atoms with Crippen LogP contribution in [-0.4, -0.2) is 77.2 Å². The highest BCUT2D eigenvalue weighted by molar-refractivity contribution is 5.93. The van der Waals surface area contributed by atoms with Gasteiger partial charge in [-0.1, -0.05) is 19.0 Å². The molecule has 2 atom stereocenters. The smallest absolute Gasteiger partial charge is 0.410 e. The number of amidine groups is 1. The zero-order valence-electron chi connectivity index (χ0n) is 21.4. The van der Waals surface area contributed by atoms with Gasteiger partial charge in [0.15, 0.2) is 12.1 Å². The van der Waals surface area contributed by atoms with Crippen molar-refractivity contribution in [3.05, 3.63) is 11.8 Å². The topological polar surface area (TPSA) is 170 Å². The first-order chi connectivity index (χ1) is 16.1. The second-order valence-electron chi connectivity index (χ2n) is 10.2. The molecule has 1 saturated heterocycles. The molecule has 4 N–H and O–H groups in total. The molecular weight excluding hydrogens is 462 g/mol. The zero-order valence-corrected chi connectivity index (χ0v) is 21.4. The predicted octanol–water partition coefficient (Wildman–Crippen LogP) is 2.91. The molecule has 2 unspecified atom stereocenters. The van der Waals surface area contributed by atoms with Crippen molar-refractivity contribution in [1.29, 1.82) is 0 Å². The second-order valence-corrected chi connectivity index (χ2v) is 10.2. The molecule has 1 amide bonds. The van der Waals surface area contributed by atoms with Crippen molar-refractivity contribution in [1.82, 2.24) is 4.90 Å². The third kappa shape index (κ3) is 11.9. The van der Waals surface area contributed by atoms with Crippen LogP contribution in [0.2, 0.25) is 0 Å². The fourth-order valence-electron chi connectivity index (χ4n) is 3.16. The number of nitrogens with two attached hydrogens (primary N) is 1.